The van der Waals surface area contributed by atoms with E-state index in [2.05, 4.69) is 5.32 Å². The van der Waals surface area contributed by atoms with Crippen molar-refractivity contribution in [2.75, 3.05) is 19.8 Å². The molecule has 0 aliphatic carbocycles. The zero-order chi connectivity index (χ0) is 13.4. The Bertz CT molecular complexity index is 337. The lowest BCUT2D eigenvalue weighted by Gasteiger charge is -2.18. The summed E-state index contributed by atoms with van der Waals surface area (Å²) in [5.74, 6) is -1.07. The first-order valence-corrected chi connectivity index (χ1v) is 6.41. The molecule has 0 spiro atoms. The molecule has 1 N–H and O–H groups in total. The number of likely N-dealkylation sites (N-methyl/N-ethyl adjacent to an activating group) is 1. The molecule has 1 atom stereocenters. The van der Waals surface area contributed by atoms with Gasteiger partial charge in [-0.25, -0.2) is 8.78 Å². The van der Waals surface area contributed by atoms with Crippen LogP contribution in [0.25, 0.3) is 0 Å². The number of ether oxygens (including phenoxy) is 1. The zero-order valence-corrected chi connectivity index (χ0v) is 11.0. The highest BCUT2D eigenvalue weighted by molar-refractivity contribution is 5.19. The summed E-state index contributed by atoms with van der Waals surface area (Å²) in [7, 11) is 0. The second kappa shape index (κ2) is 8.16. The van der Waals surface area contributed by atoms with Crippen LogP contribution < -0.4 is 5.32 Å². The van der Waals surface area contributed by atoms with Gasteiger partial charge in [0.05, 0.1) is 6.61 Å². The molecule has 0 saturated carbocycles. The maximum atomic E-state index is 13.1. The fourth-order valence-electron chi connectivity index (χ4n) is 1.86. The average molecular weight is 257 g/mol. The SMILES string of the molecule is CCCOCC(Cc1cc(F)cc(F)c1)NCC. The van der Waals surface area contributed by atoms with E-state index < -0.39 is 11.6 Å². The zero-order valence-electron chi connectivity index (χ0n) is 11.0. The molecule has 4 heteroatoms. The fraction of sp³-hybridized carbons (Fsp3) is 0.571. The lowest BCUT2D eigenvalue weighted by atomic mass is 10.1. The van der Waals surface area contributed by atoms with Crippen molar-refractivity contribution in [1.82, 2.24) is 5.32 Å². The summed E-state index contributed by atoms with van der Waals surface area (Å²) in [6.45, 7) is 6.11. The van der Waals surface area contributed by atoms with Crippen molar-refractivity contribution < 1.29 is 13.5 Å². The van der Waals surface area contributed by atoms with Crippen LogP contribution in [0.5, 0.6) is 0 Å². The molecule has 102 valence electrons. The molecule has 0 aliphatic rings. The van der Waals surface area contributed by atoms with Crippen LogP contribution in [-0.4, -0.2) is 25.8 Å². The molecular weight excluding hydrogens is 236 g/mol. The molecule has 0 heterocycles. The average Bonchev–Trinajstić information content (AvgIpc) is 2.28. The standard InChI is InChI=1S/C14H21F2NO/c1-3-5-18-10-14(17-4-2)8-11-6-12(15)9-13(16)7-11/h6-7,9,14,17H,3-5,8,10H2,1-2H3. The number of nitrogens with one attached hydrogen (secondary N) is 1. The molecule has 1 aromatic rings. The van der Waals surface area contributed by atoms with Crippen molar-refractivity contribution >= 4 is 0 Å². The van der Waals surface area contributed by atoms with E-state index in [1.54, 1.807) is 0 Å². The van der Waals surface area contributed by atoms with Crippen LogP contribution in [0.1, 0.15) is 25.8 Å². The Labute approximate surface area is 107 Å². The molecule has 0 amide bonds. The summed E-state index contributed by atoms with van der Waals surface area (Å²) in [6, 6.07) is 3.71. The summed E-state index contributed by atoms with van der Waals surface area (Å²) >= 11 is 0. The minimum absolute atomic E-state index is 0.0859. The van der Waals surface area contributed by atoms with E-state index >= 15 is 0 Å². The smallest absolute Gasteiger partial charge is 0.126 e. The van der Waals surface area contributed by atoms with E-state index in [1.807, 2.05) is 13.8 Å². The van der Waals surface area contributed by atoms with E-state index in [4.69, 9.17) is 4.74 Å². The number of hydrogen-bond acceptors (Lipinski definition) is 2. The van der Waals surface area contributed by atoms with E-state index in [0.717, 1.165) is 19.0 Å². The van der Waals surface area contributed by atoms with Gasteiger partial charge in [0, 0.05) is 18.7 Å². The van der Waals surface area contributed by atoms with Gasteiger partial charge in [-0.15, -0.1) is 0 Å². The second-order valence-electron chi connectivity index (χ2n) is 4.31. The normalized spacial score (nSPS) is 12.7. The summed E-state index contributed by atoms with van der Waals surface area (Å²) < 4.78 is 31.6. The summed E-state index contributed by atoms with van der Waals surface area (Å²) in [5, 5.41) is 3.26. The van der Waals surface area contributed by atoms with Crippen molar-refractivity contribution in [3.63, 3.8) is 0 Å². The van der Waals surface area contributed by atoms with E-state index in [1.165, 1.54) is 12.1 Å². The van der Waals surface area contributed by atoms with Gasteiger partial charge in [0.15, 0.2) is 0 Å². The lowest BCUT2D eigenvalue weighted by molar-refractivity contribution is 0.112. The molecule has 1 rings (SSSR count). The molecular formula is C14H21F2NO. The Balaban J connectivity index is 2.58. The van der Waals surface area contributed by atoms with Crippen molar-refractivity contribution in [2.24, 2.45) is 0 Å². The second-order valence-corrected chi connectivity index (χ2v) is 4.31. The highest BCUT2D eigenvalue weighted by atomic mass is 19.1. The van der Waals surface area contributed by atoms with E-state index in [9.17, 15) is 8.78 Å². The van der Waals surface area contributed by atoms with Crippen LogP contribution in [0.2, 0.25) is 0 Å². The molecule has 0 aliphatic heterocycles. The van der Waals surface area contributed by atoms with Crippen molar-refractivity contribution in [3.8, 4) is 0 Å². The van der Waals surface area contributed by atoms with E-state index in [0.29, 0.717) is 25.2 Å². The van der Waals surface area contributed by atoms with Gasteiger partial charge in [0.25, 0.3) is 0 Å². The summed E-state index contributed by atoms with van der Waals surface area (Å²) in [4.78, 5) is 0. The molecule has 2 nitrogen and oxygen atoms in total. The number of halogens is 2. The number of benzene rings is 1. The van der Waals surface area contributed by atoms with E-state index in [-0.39, 0.29) is 6.04 Å². The maximum Gasteiger partial charge on any atom is 0.126 e. The highest BCUT2D eigenvalue weighted by Crippen LogP contribution is 2.10. The Morgan fingerprint density at radius 3 is 2.39 bits per heavy atom. The van der Waals surface area contributed by atoms with Gasteiger partial charge in [0.2, 0.25) is 0 Å². The minimum Gasteiger partial charge on any atom is -0.380 e. The predicted octanol–water partition coefficient (Wildman–Crippen LogP) is 2.91. The summed E-state index contributed by atoms with van der Waals surface area (Å²) in [6.07, 6.45) is 1.53. The molecule has 0 saturated heterocycles. The first kappa shape index (κ1) is 15.1. The highest BCUT2D eigenvalue weighted by Gasteiger charge is 2.10. The predicted molar refractivity (Wildman–Crippen MR) is 68.6 cm³/mol. The minimum atomic E-state index is -0.533. The molecule has 18 heavy (non-hydrogen) atoms. The topological polar surface area (TPSA) is 21.3 Å². The van der Waals surface area contributed by atoms with Crippen LogP contribution in [0.15, 0.2) is 18.2 Å². The van der Waals surface area contributed by atoms with Crippen LogP contribution >= 0.6 is 0 Å². The molecule has 1 unspecified atom stereocenters. The van der Waals surface area contributed by atoms with Gasteiger partial charge in [0.1, 0.15) is 11.6 Å². The van der Waals surface area contributed by atoms with Crippen molar-refractivity contribution in [1.29, 1.82) is 0 Å². The van der Waals surface area contributed by atoms with Gasteiger partial charge in [-0.2, -0.15) is 0 Å². The monoisotopic (exact) mass is 257 g/mol. The van der Waals surface area contributed by atoms with Crippen LogP contribution in [0.4, 0.5) is 8.78 Å². The van der Waals surface area contributed by atoms with Gasteiger partial charge in [-0.1, -0.05) is 13.8 Å². The fourth-order valence-corrected chi connectivity index (χ4v) is 1.86. The third kappa shape index (κ3) is 5.56. The first-order chi connectivity index (χ1) is 8.65. The lowest BCUT2D eigenvalue weighted by Crippen LogP contribution is -2.35. The van der Waals surface area contributed by atoms with Crippen molar-refractivity contribution in [3.05, 3.63) is 35.4 Å². The largest absolute Gasteiger partial charge is 0.380 e. The quantitative estimate of drug-likeness (QED) is 0.723. The molecule has 1 aromatic carbocycles. The Morgan fingerprint density at radius 1 is 1.17 bits per heavy atom. The number of hydrogen-bond donors (Lipinski definition) is 1. The summed E-state index contributed by atoms with van der Waals surface area (Å²) in [5.41, 5.74) is 0.651. The van der Waals surface area contributed by atoms with Crippen LogP contribution in [0.3, 0.4) is 0 Å². The maximum absolute atomic E-state index is 13.1. The van der Waals surface area contributed by atoms with Crippen LogP contribution in [0, 0.1) is 11.6 Å². The third-order valence-corrected chi connectivity index (χ3v) is 2.56. The Hall–Kier alpha value is -1.00. The molecule has 0 radical (unpaired) electrons. The molecule has 0 aromatic heterocycles. The molecule has 0 bridgehead atoms. The number of rotatable bonds is 8. The van der Waals surface area contributed by atoms with Gasteiger partial charge < -0.3 is 10.1 Å². The van der Waals surface area contributed by atoms with Gasteiger partial charge in [-0.05, 0) is 37.1 Å². The first-order valence-electron chi connectivity index (χ1n) is 6.41. The van der Waals surface area contributed by atoms with Gasteiger partial charge in [-0.3, -0.25) is 0 Å². The van der Waals surface area contributed by atoms with Gasteiger partial charge >= 0.3 is 0 Å². The Kier molecular flexibility index (Phi) is 6.83. The Morgan fingerprint density at radius 2 is 1.83 bits per heavy atom. The van der Waals surface area contributed by atoms with Crippen LogP contribution in [-0.2, 0) is 11.2 Å². The third-order valence-electron chi connectivity index (χ3n) is 2.56. The van der Waals surface area contributed by atoms with Crippen molar-refractivity contribution in [2.45, 2.75) is 32.7 Å². The molecule has 0 fully saturated rings.